The summed E-state index contributed by atoms with van der Waals surface area (Å²) in [4.78, 5) is 42.7. The molecule has 0 radical (unpaired) electrons. The largest absolute Gasteiger partial charge is 0.343 e. The molecule has 3 amide bonds. The second-order valence-corrected chi connectivity index (χ2v) is 7.05. The van der Waals surface area contributed by atoms with Crippen molar-refractivity contribution in [2.24, 2.45) is 5.92 Å². The number of likely N-dealkylation sites (tertiary alicyclic amines) is 1. The van der Waals surface area contributed by atoms with Crippen molar-refractivity contribution < 1.29 is 18.8 Å². The van der Waals surface area contributed by atoms with Gasteiger partial charge < -0.3 is 15.5 Å². The number of nitrogens with one attached hydrogen (secondary N) is 2. The Labute approximate surface area is 168 Å². The lowest BCUT2D eigenvalue weighted by Crippen LogP contribution is -2.47. The Morgan fingerprint density at radius 2 is 2.00 bits per heavy atom. The molecule has 2 aromatic rings. The van der Waals surface area contributed by atoms with Crippen LogP contribution in [0.1, 0.15) is 28.8 Å². The van der Waals surface area contributed by atoms with Gasteiger partial charge in [-0.05, 0) is 43.5 Å². The van der Waals surface area contributed by atoms with Crippen LogP contribution in [0.25, 0.3) is 0 Å². The first-order valence-corrected chi connectivity index (χ1v) is 9.48. The third-order valence-electron chi connectivity index (χ3n) is 4.83. The fraction of sp³-hybridized carbons (Fsp3) is 0.333. The first kappa shape index (κ1) is 20.4. The quantitative estimate of drug-likeness (QED) is 0.807. The standard InChI is InChI=1S/C21H23FN4O3/c1-14-8-9-18(23-11-14)25-20(28)15-5-4-10-26(13-15)19(27)12-24-21(29)16-6-2-3-7-17(16)22/h2-3,6-9,11,15H,4-5,10,12-13H2,1H3,(H,24,29)(H,23,25,28). The highest BCUT2D eigenvalue weighted by Crippen LogP contribution is 2.18. The topological polar surface area (TPSA) is 91.4 Å². The van der Waals surface area contributed by atoms with E-state index in [2.05, 4.69) is 15.6 Å². The number of amides is 3. The highest BCUT2D eigenvalue weighted by atomic mass is 19.1. The molecule has 0 aliphatic carbocycles. The molecular weight excluding hydrogens is 375 g/mol. The number of nitrogens with zero attached hydrogens (tertiary/aromatic N) is 2. The number of aryl methyl sites for hydroxylation is 1. The van der Waals surface area contributed by atoms with Gasteiger partial charge in [0, 0.05) is 19.3 Å². The summed E-state index contributed by atoms with van der Waals surface area (Å²) in [6, 6.07) is 9.18. The minimum Gasteiger partial charge on any atom is -0.343 e. The Kier molecular flexibility index (Phi) is 6.54. The van der Waals surface area contributed by atoms with Gasteiger partial charge in [-0.25, -0.2) is 9.37 Å². The van der Waals surface area contributed by atoms with Crippen LogP contribution in [0.3, 0.4) is 0 Å². The fourth-order valence-corrected chi connectivity index (χ4v) is 3.20. The molecule has 29 heavy (non-hydrogen) atoms. The van der Waals surface area contributed by atoms with Crippen molar-refractivity contribution in [3.05, 3.63) is 59.5 Å². The normalized spacial score (nSPS) is 16.2. The molecule has 2 heterocycles. The molecule has 8 heteroatoms. The maximum absolute atomic E-state index is 13.7. The van der Waals surface area contributed by atoms with Crippen LogP contribution >= 0.6 is 0 Å². The number of aromatic nitrogens is 1. The molecule has 1 unspecified atom stereocenters. The zero-order chi connectivity index (χ0) is 20.8. The molecule has 1 saturated heterocycles. The van der Waals surface area contributed by atoms with Gasteiger partial charge in [-0.1, -0.05) is 18.2 Å². The SMILES string of the molecule is Cc1ccc(NC(=O)C2CCCN(C(=O)CNC(=O)c3ccccc3F)C2)nc1. The maximum Gasteiger partial charge on any atom is 0.254 e. The molecule has 1 aliphatic rings. The predicted octanol–water partition coefficient (Wildman–Crippen LogP) is 2.14. The minimum atomic E-state index is -0.645. The first-order chi connectivity index (χ1) is 13.9. The smallest absolute Gasteiger partial charge is 0.254 e. The summed E-state index contributed by atoms with van der Waals surface area (Å²) in [5.41, 5.74) is 0.886. The summed E-state index contributed by atoms with van der Waals surface area (Å²) in [6.07, 6.45) is 3.03. The Morgan fingerprint density at radius 1 is 1.21 bits per heavy atom. The molecule has 1 fully saturated rings. The van der Waals surface area contributed by atoms with E-state index >= 15 is 0 Å². The number of carbonyl (C=O) groups is 3. The second-order valence-electron chi connectivity index (χ2n) is 7.05. The number of rotatable bonds is 5. The lowest BCUT2D eigenvalue weighted by Gasteiger charge is -2.32. The average molecular weight is 398 g/mol. The van der Waals surface area contributed by atoms with Crippen molar-refractivity contribution >= 4 is 23.5 Å². The van der Waals surface area contributed by atoms with Gasteiger partial charge in [-0.3, -0.25) is 14.4 Å². The zero-order valence-corrected chi connectivity index (χ0v) is 16.2. The molecule has 0 bridgehead atoms. The van der Waals surface area contributed by atoms with Gasteiger partial charge in [0.25, 0.3) is 5.91 Å². The monoisotopic (exact) mass is 398 g/mol. The number of pyridine rings is 1. The van der Waals surface area contributed by atoms with E-state index in [1.54, 1.807) is 23.2 Å². The van der Waals surface area contributed by atoms with Gasteiger partial charge >= 0.3 is 0 Å². The second kappa shape index (κ2) is 9.27. The number of hydrogen-bond donors (Lipinski definition) is 2. The van der Waals surface area contributed by atoms with Crippen LogP contribution in [-0.2, 0) is 9.59 Å². The first-order valence-electron chi connectivity index (χ1n) is 9.48. The summed E-state index contributed by atoms with van der Waals surface area (Å²) >= 11 is 0. The van der Waals surface area contributed by atoms with Gasteiger partial charge in [0.15, 0.2) is 0 Å². The van der Waals surface area contributed by atoms with Gasteiger partial charge in [-0.15, -0.1) is 0 Å². The number of piperidine rings is 1. The Hall–Kier alpha value is -3.29. The van der Waals surface area contributed by atoms with Crippen LogP contribution in [0.4, 0.5) is 10.2 Å². The van der Waals surface area contributed by atoms with Crippen LogP contribution in [-0.4, -0.2) is 47.2 Å². The van der Waals surface area contributed by atoms with E-state index in [0.29, 0.717) is 25.2 Å². The molecule has 2 N–H and O–H groups in total. The van der Waals surface area contributed by atoms with Crippen LogP contribution in [0.15, 0.2) is 42.6 Å². The van der Waals surface area contributed by atoms with Gasteiger partial charge in [0.1, 0.15) is 11.6 Å². The molecule has 1 aromatic carbocycles. The molecule has 1 aromatic heterocycles. The summed E-state index contributed by atoms with van der Waals surface area (Å²) in [6.45, 7) is 2.45. The van der Waals surface area contributed by atoms with E-state index in [9.17, 15) is 18.8 Å². The predicted molar refractivity (Wildman–Crippen MR) is 106 cm³/mol. The lowest BCUT2D eigenvalue weighted by atomic mass is 9.97. The fourth-order valence-electron chi connectivity index (χ4n) is 3.20. The number of carbonyl (C=O) groups excluding carboxylic acids is 3. The molecule has 1 atom stereocenters. The molecule has 1 aliphatic heterocycles. The lowest BCUT2D eigenvalue weighted by molar-refractivity contribution is -0.133. The van der Waals surface area contributed by atoms with E-state index < -0.39 is 11.7 Å². The maximum atomic E-state index is 13.7. The number of hydrogen-bond acceptors (Lipinski definition) is 4. The summed E-state index contributed by atoms with van der Waals surface area (Å²) in [5.74, 6) is -1.65. The van der Waals surface area contributed by atoms with Crippen LogP contribution < -0.4 is 10.6 Å². The third-order valence-corrected chi connectivity index (χ3v) is 4.83. The van der Waals surface area contributed by atoms with Gasteiger partial charge in [0.2, 0.25) is 11.8 Å². The van der Waals surface area contributed by atoms with Gasteiger partial charge in [0.05, 0.1) is 18.0 Å². The molecule has 152 valence electrons. The molecule has 3 rings (SSSR count). The Bertz CT molecular complexity index is 901. The van der Waals surface area contributed by atoms with E-state index in [0.717, 1.165) is 5.56 Å². The molecule has 0 saturated carbocycles. The number of benzene rings is 1. The summed E-state index contributed by atoms with van der Waals surface area (Å²) in [7, 11) is 0. The summed E-state index contributed by atoms with van der Waals surface area (Å²) < 4.78 is 13.7. The molecule has 7 nitrogen and oxygen atoms in total. The van der Waals surface area contributed by atoms with Crippen molar-refractivity contribution in [1.29, 1.82) is 0 Å². The van der Waals surface area contributed by atoms with Crippen molar-refractivity contribution in [3.63, 3.8) is 0 Å². The summed E-state index contributed by atoms with van der Waals surface area (Å²) in [5, 5.41) is 5.22. The number of halogens is 1. The average Bonchev–Trinajstić information content (AvgIpc) is 2.73. The molecular formula is C21H23FN4O3. The van der Waals surface area contributed by atoms with Gasteiger partial charge in [-0.2, -0.15) is 0 Å². The third kappa shape index (κ3) is 5.37. The zero-order valence-electron chi connectivity index (χ0n) is 16.2. The van der Waals surface area contributed by atoms with Crippen molar-refractivity contribution in [2.75, 3.05) is 25.0 Å². The van der Waals surface area contributed by atoms with E-state index in [4.69, 9.17) is 0 Å². The van der Waals surface area contributed by atoms with Crippen LogP contribution in [0.5, 0.6) is 0 Å². The molecule has 0 spiro atoms. The van der Waals surface area contributed by atoms with Crippen LogP contribution in [0, 0.1) is 18.7 Å². The van der Waals surface area contributed by atoms with Crippen LogP contribution in [0.2, 0.25) is 0 Å². The Morgan fingerprint density at radius 3 is 2.72 bits per heavy atom. The Balaban J connectivity index is 1.52. The highest BCUT2D eigenvalue weighted by molar-refractivity contribution is 5.97. The number of anilines is 1. The minimum absolute atomic E-state index is 0.109. The van der Waals surface area contributed by atoms with E-state index in [-0.39, 0.29) is 36.4 Å². The van der Waals surface area contributed by atoms with Crippen molar-refractivity contribution in [1.82, 2.24) is 15.2 Å². The van der Waals surface area contributed by atoms with E-state index in [1.165, 1.54) is 18.2 Å². The highest BCUT2D eigenvalue weighted by Gasteiger charge is 2.28. The van der Waals surface area contributed by atoms with E-state index in [1.807, 2.05) is 13.0 Å². The van der Waals surface area contributed by atoms with Crippen molar-refractivity contribution in [2.45, 2.75) is 19.8 Å². The van der Waals surface area contributed by atoms with Crippen molar-refractivity contribution in [3.8, 4) is 0 Å².